The van der Waals surface area contributed by atoms with E-state index in [0.29, 0.717) is 0 Å². The Morgan fingerprint density at radius 3 is 2.57 bits per heavy atom. The van der Waals surface area contributed by atoms with E-state index in [1.807, 2.05) is 0 Å². The van der Waals surface area contributed by atoms with E-state index in [2.05, 4.69) is 21.2 Å². The lowest BCUT2D eigenvalue weighted by Gasteiger charge is -2.07. The summed E-state index contributed by atoms with van der Waals surface area (Å²) in [7, 11) is 0. The molecule has 1 N–H and O–H groups in total. The van der Waals surface area contributed by atoms with Gasteiger partial charge in [-0.3, -0.25) is 14.9 Å². The quantitative estimate of drug-likeness (QED) is 0.640. The Morgan fingerprint density at radius 1 is 1.29 bits per heavy atom. The molecule has 0 aliphatic rings. The largest absolute Gasteiger partial charge is 0.321 e. The number of hydrogen-bond donors (Lipinski definition) is 1. The van der Waals surface area contributed by atoms with Crippen molar-refractivity contribution in [3.8, 4) is 0 Å². The Hall–Kier alpha value is -1.99. The minimum atomic E-state index is -0.596. The minimum absolute atomic E-state index is 0.0233. The highest BCUT2D eigenvalue weighted by atomic mass is 79.9. The van der Waals surface area contributed by atoms with Crippen molar-refractivity contribution in [2.24, 2.45) is 0 Å². The summed E-state index contributed by atoms with van der Waals surface area (Å²) in [6.45, 7) is 0. The predicted octanol–water partition coefficient (Wildman–Crippen LogP) is 4.40. The van der Waals surface area contributed by atoms with Crippen molar-refractivity contribution in [3.63, 3.8) is 0 Å². The molecule has 0 atom stereocenters. The molecule has 0 aromatic heterocycles. The van der Waals surface area contributed by atoms with Crippen molar-refractivity contribution in [1.82, 2.24) is 0 Å². The zero-order chi connectivity index (χ0) is 15.6. The smallest absolute Gasteiger partial charge is 0.271 e. The van der Waals surface area contributed by atoms with Crippen LogP contribution in [0, 0.1) is 15.9 Å². The summed E-state index contributed by atoms with van der Waals surface area (Å²) >= 11 is 8.85. The topological polar surface area (TPSA) is 72.2 Å². The summed E-state index contributed by atoms with van der Waals surface area (Å²) in [6, 6.07) is 7.55. The molecule has 0 aliphatic carbocycles. The SMILES string of the molecule is O=C(Nc1ccc([N+](=O)[O-])cc1Cl)c1ccc(Br)c(F)c1. The Bertz CT molecular complexity index is 739. The van der Waals surface area contributed by atoms with Crippen LogP contribution in [0.2, 0.25) is 5.02 Å². The van der Waals surface area contributed by atoms with Crippen molar-refractivity contribution in [2.75, 3.05) is 5.32 Å². The molecule has 2 aromatic carbocycles. The zero-order valence-electron chi connectivity index (χ0n) is 10.3. The van der Waals surface area contributed by atoms with E-state index in [9.17, 15) is 19.3 Å². The van der Waals surface area contributed by atoms with Gasteiger partial charge < -0.3 is 5.32 Å². The van der Waals surface area contributed by atoms with Gasteiger partial charge in [-0.2, -0.15) is 0 Å². The first kappa shape index (κ1) is 15.4. The van der Waals surface area contributed by atoms with E-state index in [-0.39, 0.29) is 26.4 Å². The summed E-state index contributed by atoms with van der Waals surface area (Å²) in [5.41, 5.74) is 0.119. The normalized spacial score (nSPS) is 10.2. The Kier molecular flexibility index (Phi) is 4.54. The van der Waals surface area contributed by atoms with Gasteiger partial charge in [-0.05, 0) is 40.2 Å². The van der Waals surface area contributed by atoms with Crippen LogP contribution in [0.25, 0.3) is 0 Å². The van der Waals surface area contributed by atoms with Gasteiger partial charge in [-0.1, -0.05) is 11.6 Å². The molecule has 2 rings (SSSR count). The molecule has 0 radical (unpaired) electrons. The number of nitrogens with zero attached hydrogens (tertiary/aromatic N) is 1. The molecule has 0 heterocycles. The molecule has 0 spiro atoms. The average Bonchev–Trinajstić information content (AvgIpc) is 2.43. The van der Waals surface area contributed by atoms with Crippen LogP contribution in [-0.2, 0) is 0 Å². The first-order chi connectivity index (χ1) is 9.88. The summed E-state index contributed by atoms with van der Waals surface area (Å²) in [6.07, 6.45) is 0. The molecule has 0 fully saturated rings. The average molecular weight is 374 g/mol. The van der Waals surface area contributed by atoms with Crippen LogP contribution in [-0.4, -0.2) is 10.8 Å². The van der Waals surface area contributed by atoms with Crippen molar-refractivity contribution in [3.05, 3.63) is 67.4 Å². The first-order valence-electron chi connectivity index (χ1n) is 5.59. The van der Waals surface area contributed by atoms with Crippen molar-refractivity contribution < 1.29 is 14.1 Å². The molecular weight excluding hydrogens is 367 g/mol. The van der Waals surface area contributed by atoms with Gasteiger partial charge in [0.15, 0.2) is 0 Å². The van der Waals surface area contributed by atoms with Crippen LogP contribution in [0.15, 0.2) is 40.9 Å². The van der Waals surface area contributed by atoms with E-state index in [1.54, 1.807) is 0 Å². The third-order valence-electron chi connectivity index (χ3n) is 2.59. The minimum Gasteiger partial charge on any atom is -0.321 e. The van der Waals surface area contributed by atoms with Crippen LogP contribution in [0.5, 0.6) is 0 Å². The van der Waals surface area contributed by atoms with Gasteiger partial charge >= 0.3 is 0 Å². The lowest BCUT2D eigenvalue weighted by atomic mass is 10.2. The monoisotopic (exact) mass is 372 g/mol. The molecule has 5 nitrogen and oxygen atoms in total. The first-order valence-corrected chi connectivity index (χ1v) is 6.76. The maximum absolute atomic E-state index is 13.4. The predicted molar refractivity (Wildman–Crippen MR) is 80.2 cm³/mol. The second kappa shape index (κ2) is 6.19. The number of anilines is 1. The highest BCUT2D eigenvalue weighted by Gasteiger charge is 2.13. The van der Waals surface area contributed by atoms with Crippen LogP contribution in [0.1, 0.15) is 10.4 Å². The molecule has 0 saturated heterocycles. The number of nitro groups is 1. The fourth-order valence-corrected chi connectivity index (χ4v) is 2.02. The summed E-state index contributed by atoms with van der Waals surface area (Å²) in [4.78, 5) is 22.0. The molecule has 0 aliphatic heterocycles. The number of hydrogen-bond acceptors (Lipinski definition) is 3. The van der Waals surface area contributed by atoms with Gasteiger partial charge in [-0.15, -0.1) is 0 Å². The van der Waals surface area contributed by atoms with Gasteiger partial charge in [0.25, 0.3) is 11.6 Å². The highest BCUT2D eigenvalue weighted by Crippen LogP contribution is 2.27. The van der Waals surface area contributed by atoms with Gasteiger partial charge in [0, 0.05) is 17.7 Å². The van der Waals surface area contributed by atoms with Crippen LogP contribution in [0.4, 0.5) is 15.8 Å². The summed E-state index contributed by atoms with van der Waals surface area (Å²) < 4.78 is 13.6. The number of carbonyl (C=O) groups is 1. The third kappa shape index (κ3) is 3.56. The summed E-state index contributed by atoms with van der Waals surface area (Å²) in [5.74, 6) is -1.14. The van der Waals surface area contributed by atoms with Crippen molar-refractivity contribution >= 4 is 44.8 Å². The third-order valence-corrected chi connectivity index (χ3v) is 3.55. The molecule has 108 valence electrons. The van der Waals surface area contributed by atoms with E-state index in [1.165, 1.54) is 24.3 Å². The van der Waals surface area contributed by atoms with Gasteiger partial charge in [0.05, 0.1) is 20.1 Å². The van der Waals surface area contributed by atoms with Crippen LogP contribution < -0.4 is 5.32 Å². The lowest BCUT2D eigenvalue weighted by Crippen LogP contribution is -2.12. The van der Waals surface area contributed by atoms with E-state index < -0.39 is 16.6 Å². The molecule has 0 bridgehead atoms. The molecule has 0 unspecified atom stereocenters. The summed E-state index contributed by atoms with van der Waals surface area (Å²) in [5, 5.41) is 13.1. The van der Waals surface area contributed by atoms with Crippen LogP contribution in [0.3, 0.4) is 0 Å². The Morgan fingerprint density at radius 2 is 2.00 bits per heavy atom. The number of benzene rings is 2. The van der Waals surface area contributed by atoms with Gasteiger partial charge in [0.1, 0.15) is 5.82 Å². The van der Waals surface area contributed by atoms with E-state index >= 15 is 0 Å². The van der Waals surface area contributed by atoms with Crippen LogP contribution >= 0.6 is 27.5 Å². The number of non-ortho nitro benzene ring substituents is 1. The van der Waals surface area contributed by atoms with E-state index in [4.69, 9.17) is 11.6 Å². The van der Waals surface area contributed by atoms with Gasteiger partial charge in [-0.25, -0.2) is 4.39 Å². The molecule has 0 saturated carbocycles. The second-order valence-electron chi connectivity index (χ2n) is 4.00. The number of nitrogens with one attached hydrogen (secondary N) is 1. The van der Waals surface area contributed by atoms with Crippen molar-refractivity contribution in [2.45, 2.75) is 0 Å². The van der Waals surface area contributed by atoms with Gasteiger partial charge in [0.2, 0.25) is 0 Å². The van der Waals surface area contributed by atoms with E-state index in [0.717, 1.165) is 12.1 Å². The number of amides is 1. The Labute approximate surface area is 132 Å². The second-order valence-corrected chi connectivity index (χ2v) is 5.27. The number of rotatable bonds is 3. The molecule has 1 amide bonds. The lowest BCUT2D eigenvalue weighted by molar-refractivity contribution is -0.384. The maximum Gasteiger partial charge on any atom is 0.271 e. The Balaban J connectivity index is 2.23. The fourth-order valence-electron chi connectivity index (χ4n) is 1.55. The molecule has 2 aromatic rings. The maximum atomic E-state index is 13.4. The van der Waals surface area contributed by atoms with Crippen molar-refractivity contribution in [1.29, 1.82) is 0 Å². The fraction of sp³-hybridized carbons (Fsp3) is 0. The number of halogens is 3. The highest BCUT2D eigenvalue weighted by molar-refractivity contribution is 9.10. The molecule has 21 heavy (non-hydrogen) atoms. The molecule has 8 heteroatoms. The zero-order valence-corrected chi connectivity index (χ0v) is 12.6. The number of carbonyl (C=O) groups excluding carboxylic acids is 1. The molecular formula is C13H7BrClFN2O3. The number of nitro benzene ring substituents is 1. The standard InChI is InChI=1S/C13H7BrClFN2O3/c14-9-3-1-7(5-11(9)16)13(19)17-12-4-2-8(18(20)21)6-10(12)15/h1-6H,(H,17,19).